The predicted molar refractivity (Wildman–Crippen MR) is 77.1 cm³/mol. The average molecular weight is 289 g/mol. The Labute approximate surface area is 121 Å². The summed E-state index contributed by atoms with van der Waals surface area (Å²) >= 11 is 5.78. The lowest BCUT2D eigenvalue weighted by molar-refractivity contribution is 0.0950. The van der Waals surface area contributed by atoms with Gasteiger partial charge in [-0.2, -0.15) is 10.2 Å². The Morgan fingerprint density at radius 3 is 2.85 bits per heavy atom. The molecule has 0 bridgehead atoms. The molecule has 1 aromatic carbocycles. The Bertz CT molecular complexity index is 643. The number of benzene rings is 1. The quantitative estimate of drug-likeness (QED) is 0.671. The van der Waals surface area contributed by atoms with E-state index < -0.39 is 0 Å². The summed E-state index contributed by atoms with van der Waals surface area (Å²) in [5.41, 5.74) is 4.69. The van der Waals surface area contributed by atoms with Gasteiger partial charge in [0.15, 0.2) is 5.69 Å². The lowest BCUT2D eigenvalue weighted by atomic mass is 10.2. The van der Waals surface area contributed by atoms with Crippen LogP contribution in [-0.2, 0) is 0 Å². The van der Waals surface area contributed by atoms with Gasteiger partial charge in [0.1, 0.15) is 0 Å². The standard InChI is InChI=1S/C14H13ClN4O/c15-11-5-1-9(2-6-11)8-16-19-14(20)13-7-12(17-18-13)10-3-4-10/h1-2,5-8,10H,3-4H2,(H,17,18)(H,19,20). The van der Waals surface area contributed by atoms with E-state index in [-0.39, 0.29) is 5.91 Å². The number of nitrogens with one attached hydrogen (secondary N) is 2. The summed E-state index contributed by atoms with van der Waals surface area (Å²) in [5.74, 6) is 0.222. The van der Waals surface area contributed by atoms with Crippen molar-refractivity contribution in [1.82, 2.24) is 15.6 Å². The normalized spacial score (nSPS) is 14.7. The maximum Gasteiger partial charge on any atom is 0.291 e. The average Bonchev–Trinajstić information content (AvgIpc) is 3.18. The second kappa shape index (κ2) is 5.46. The van der Waals surface area contributed by atoms with Crippen molar-refractivity contribution < 1.29 is 4.79 Å². The highest BCUT2D eigenvalue weighted by Crippen LogP contribution is 2.38. The number of carbonyl (C=O) groups excluding carboxylic acids is 1. The number of hydrogen-bond donors (Lipinski definition) is 2. The lowest BCUT2D eigenvalue weighted by Crippen LogP contribution is -2.18. The van der Waals surface area contributed by atoms with Crippen LogP contribution < -0.4 is 5.43 Å². The SMILES string of the molecule is O=C(NN=Cc1ccc(Cl)cc1)c1cc(C2CC2)[nH]n1. The molecule has 1 amide bonds. The van der Waals surface area contributed by atoms with Gasteiger partial charge in [0.05, 0.1) is 6.21 Å². The van der Waals surface area contributed by atoms with Crippen LogP contribution in [0.25, 0.3) is 0 Å². The molecule has 1 aliphatic rings. The minimum Gasteiger partial charge on any atom is -0.281 e. The molecule has 1 heterocycles. The van der Waals surface area contributed by atoms with Crippen LogP contribution in [0, 0.1) is 0 Å². The molecule has 0 spiro atoms. The Kier molecular flexibility index (Phi) is 3.52. The van der Waals surface area contributed by atoms with Gasteiger partial charge in [-0.15, -0.1) is 0 Å². The zero-order valence-electron chi connectivity index (χ0n) is 10.6. The van der Waals surface area contributed by atoms with Crippen molar-refractivity contribution in [2.45, 2.75) is 18.8 Å². The fraction of sp³-hybridized carbons (Fsp3) is 0.214. The van der Waals surface area contributed by atoms with Crippen LogP contribution in [0.1, 0.15) is 40.5 Å². The van der Waals surface area contributed by atoms with Crippen LogP contribution in [-0.4, -0.2) is 22.3 Å². The summed E-state index contributed by atoms with van der Waals surface area (Å²) in [4.78, 5) is 11.8. The minimum atomic E-state index is -0.321. The summed E-state index contributed by atoms with van der Waals surface area (Å²) < 4.78 is 0. The van der Waals surface area contributed by atoms with Gasteiger partial charge >= 0.3 is 0 Å². The van der Waals surface area contributed by atoms with E-state index in [1.165, 1.54) is 0 Å². The molecule has 1 saturated carbocycles. The van der Waals surface area contributed by atoms with Gasteiger partial charge in [0.2, 0.25) is 0 Å². The number of H-pyrrole nitrogens is 1. The van der Waals surface area contributed by atoms with Gasteiger partial charge in [-0.05, 0) is 36.6 Å². The Hall–Kier alpha value is -2.14. The molecule has 0 saturated heterocycles. The molecule has 1 aliphatic carbocycles. The molecule has 20 heavy (non-hydrogen) atoms. The number of aromatic nitrogens is 2. The second-order valence-corrected chi connectivity index (χ2v) is 5.17. The highest BCUT2D eigenvalue weighted by Gasteiger charge is 2.26. The number of amides is 1. The molecule has 2 N–H and O–H groups in total. The van der Waals surface area contributed by atoms with E-state index in [9.17, 15) is 4.79 Å². The number of rotatable bonds is 4. The van der Waals surface area contributed by atoms with E-state index >= 15 is 0 Å². The number of nitrogens with zero attached hydrogens (tertiary/aromatic N) is 2. The molecule has 0 radical (unpaired) electrons. The Morgan fingerprint density at radius 1 is 1.40 bits per heavy atom. The van der Waals surface area contributed by atoms with Crippen LogP contribution in [0.5, 0.6) is 0 Å². The molecule has 2 aromatic rings. The van der Waals surface area contributed by atoms with Gasteiger partial charge in [-0.1, -0.05) is 23.7 Å². The van der Waals surface area contributed by atoms with Crippen LogP contribution in [0.4, 0.5) is 0 Å². The maximum atomic E-state index is 11.8. The molecule has 0 atom stereocenters. The molecule has 5 nitrogen and oxygen atoms in total. The molecule has 3 rings (SSSR count). The van der Waals surface area contributed by atoms with E-state index in [2.05, 4.69) is 20.7 Å². The molecule has 0 unspecified atom stereocenters. The smallest absolute Gasteiger partial charge is 0.281 e. The molecule has 102 valence electrons. The fourth-order valence-electron chi connectivity index (χ4n) is 1.83. The first kappa shape index (κ1) is 12.9. The van der Waals surface area contributed by atoms with Crippen molar-refractivity contribution in [2.24, 2.45) is 5.10 Å². The highest BCUT2D eigenvalue weighted by molar-refractivity contribution is 6.30. The summed E-state index contributed by atoms with van der Waals surface area (Å²) in [6.07, 6.45) is 3.89. The topological polar surface area (TPSA) is 70.1 Å². The van der Waals surface area contributed by atoms with E-state index in [4.69, 9.17) is 11.6 Å². The molecular weight excluding hydrogens is 276 g/mol. The van der Waals surface area contributed by atoms with Gasteiger partial charge < -0.3 is 0 Å². The third-order valence-electron chi connectivity index (χ3n) is 3.10. The van der Waals surface area contributed by atoms with Crippen LogP contribution >= 0.6 is 11.6 Å². The van der Waals surface area contributed by atoms with Crippen molar-refractivity contribution in [3.63, 3.8) is 0 Å². The number of hydrazone groups is 1. The predicted octanol–water partition coefficient (Wildman–Crippen LogP) is 2.70. The lowest BCUT2D eigenvalue weighted by Gasteiger charge is -1.95. The molecule has 1 aromatic heterocycles. The maximum absolute atomic E-state index is 11.8. The zero-order chi connectivity index (χ0) is 13.9. The molecule has 1 fully saturated rings. The van der Waals surface area contributed by atoms with E-state index in [0.29, 0.717) is 16.6 Å². The molecule has 0 aliphatic heterocycles. The monoisotopic (exact) mass is 288 g/mol. The Morgan fingerprint density at radius 2 is 2.15 bits per heavy atom. The van der Waals surface area contributed by atoms with Gasteiger partial charge in [-0.25, -0.2) is 5.43 Å². The molecule has 6 heteroatoms. The van der Waals surface area contributed by atoms with Crippen molar-refractivity contribution in [3.05, 3.63) is 52.3 Å². The summed E-state index contributed by atoms with van der Waals surface area (Å²) in [6.45, 7) is 0. The summed E-state index contributed by atoms with van der Waals surface area (Å²) in [6, 6.07) is 8.95. The van der Waals surface area contributed by atoms with Crippen molar-refractivity contribution >= 4 is 23.7 Å². The van der Waals surface area contributed by atoms with E-state index in [1.54, 1.807) is 24.4 Å². The van der Waals surface area contributed by atoms with Crippen molar-refractivity contribution in [2.75, 3.05) is 0 Å². The number of halogens is 1. The first-order valence-corrected chi connectivity index (χ1v) is 6.74. The zero-order valence-corrected chi connectivity index (χ0v) is 11.4. The van der Waals surface area contributed by atoms with E-state index in [1.807, 2.05) is 12.1 Å². The highest BCUT2D eigenvalue weighted by atomic mass is 35.5. The van der Waals surface area contributed by atoms with Crippen LogP contribution in [0.2, 0.25) is 5.02 Å². The summed E-state index contributed by atoms with van der Waals surface area (Å²) in [7, 11) is 0. The number of aromatic amines is 1. The van der Waals surface area contributed by atoms with Crippen LogP contribution in [0.3, 0.4) is 0 Å². The van der Waals surface area contributed by atoms with Crippen molar-refractivity contribution in [3.8, 4) is 0 Å². The van der Waals surface area contributed by atoms with Gasteiger partial charge in [-0.3, -0.25) is 9.89 Å². The van der Waals surface area contributed by atoms with Gasteiger partial charge in [0, 0.05) is 16.6 Å². The number of hydrogen-bond acceptors (Lipinski definition) is 3. The van der Waals surface area contributed by atoms with Crippen LogP contribution in [0.15, 0.2) is 35.4 Å². The Balaban J connectivity index is 1.59. The summed E-state index contributed by atoms with van der Waals surface area (Å²) in [5, 5.41) is 11.4. The van der Waals surface area contributed by atoms with Crippen molar-refractivity contribution in [1.29, 1.82) is 0 Å². The largest absolute Gasteiger partial charge is 0.291 e. The third kappa shape index (κ3) is 3.05. The minimum absolute atomic E-state index is 0.321. The second-order valence-electron chi connectivity index (χ2n) is 4.73. The number of carbonyl (C=O) groups is 1. The fourth-order valence-corrected chi connectivity index (χ4v) is 1.95. The third-order valence-corrected chi connectivity index (χ3v) is 3.35. The van der Waals surface area contributed by atoms with Gasteiger partial charge in [0.25, 0.3) is 5.91 Å². The molecular formula is C14H13ClN4O. The van der Waals surface area contributed by atoms with E-state index in [0.717, 1.165) is 24.1 Å². The first-order chi connectivity index (χ1) is 9.72. The first-order valence-electron chi connectivity index (χ1n) is 6.36.